The molecule has 1 saturated carbocycles. The number of aromatic nitrogens is 15. The van der Waals surface area contributed by atoms with Gasteiger partial charge in [0.1, 0.15) is 39.2 Å². The van der Waals surface area contributed by atoms with Crippen LogP contribution >= 0.6 is 34.8 Å². The highest BCUT2D eigenvalue weighted by atomic mass is 35.5. The SMILES string of the molecule is COCCc1[nH]nc2c1c(=O)n(CC1CNCCO1)c1ccc(Cl)cc21.COCCc1[nH]nc2c1c(=O)n(CCNC(=O)CN(C)C)c1ccc(Cl)cc21.Cc1[nH]nc2c1c(=O)n(CCCN)c1cc(F)ccc21.Cc1[nH]nc2c1c(=O)n(CCCN)c1ccc(OC(F)(F)F)cc21.NCCCn1c(=O)c2c(C3CC3)[nH]nc2c2cc(Cl)ccc21. The molecule has 38 heteroatoms. The zero-order valence-electron chi connectivity index (χ0n) is 66.8. The molecule has 1 unspecified atom stereocenters. The molecular formula is C82H92Cl3F4N21O10. The number of alkyl halides is 3. The van der Waals surface area contributed by atoms with Crippen LogP contribution in [0, 0.1) is 19.7 Å². The van der Waals surface area contributed by atoms with Crippen LogP contribution in [0.25, 0.3) is 109 Å². The lowest BCUT2D eigenvalue weighted by atomic mass is 10.1. The van der Waals surface area contributed by atoms with Crippen LogP contribution in [0.15, 0.2) is 115 Å². The third-order valence-corrected chi connectivity index (χ3v) is 21.5. The van der Waals surface area contributed by atoms with Gasteiger partial charge in [-0.2, -0.15) is 25.5 Å². The number of morpholine rings is 1. The number of amides is 1. The van der Waals surface area contributed by atoms with Crippen molar-refractivity contribution in [2.75, 3.05) is 93.9 Å². The van der Waals surface area contributed by atoms with E-state index in [4.69, 9.17) is 66.2 Å². The quantitative estimate of drug-likeness (QED) is 0.0251. The van der Waals surface area contributed by atoms with Gasteiger partial charge in [0.05, 0.1) is 111 Å². The second-order valence-electron chi connectivity index (χ2n) is 29.4. The topological polar surface area (TPSA) is 413 Å². The van der Waals surface area contributed by atoms with E-state index in [-0.39, 0.29) is 51.4 Å². The number of methoxy groups -OCH3 is 2. The van der Waals surface area contributed by atoms with E-state index in [1.54, 1.807) is 70.9 Å². The van der Waals surface area contributed by atoms with Crippen LogP contribution in [-0.4, -0.2) is 191 Å². The molecule has 1 aliphatic heterocycles. The summed E-state index contributed by atoms with van der Waals surface area (Å²) in [7, 11) is 6.91. The number of nitrogens with one attached hydrogen (secondary N) is 7. The molecule has 10 aromatic heterocycles. The first-order chi connectivity index (χ1) is 57.8. The van der Waals surface area contributed by atoms with Crippen molar-refractivity contribution in [2.24, 2.45) is 17.2 Å². The lowest BCUT2D eigenvalue weighted by Crippen LogP contribution is -2.42. The van der Waals surface area contributed by atoms with Crippen molar-refractivity contribution in [3.8, 4) is 5.75 Å². The summed E-state index contributed by atoms with van der Waals surface area (Å²) in [4.78, 5) is 78.5. The number of aromatic amines is 5. The summed E-state index contributed by atoms with van der Waals surface area (Å²) < 4.78 is 79.3. The van der Waals surface area contributed by atoms with Gasteiger partial charge < -0.3 is 74.5 Å². The van der Waals surface area contributed by atoms with Crippen molar-refractivity contribution >= 4 is 150 Å². The van der Waals surface area contributed by atoms with Crippen molar-refractivity contribution in [2.45, 2.75) is 110 Å². The van der Waals surface area contributed by atoms with Gasteiger partial charge in [-0.1, -0.05) is 34.8 Å². The summed E-state index contributed by atoms with van der Waals surface area (Å²) >= 11 is 18.6. The minimum absolute atomic E-state index is 0.0222. The number of likely N-dealkylation sites (N-methyl/N-ethyl adjacent to an activating group) is 1. The van der Waals surface area contributed by atoms with Crippen LogP contribution in [0.3, 0.4) is 0 Å². The summed E-state index contributed by atoms with van der Waals surface area (Å²) in [5, 5.41) is 50.5. The predicted molar refractivity (Wildman–Crippen MR) is 459 cm³/mol. The van der Waals surface area contributed by atoms with Gasteiger partial charge in [0.15, 0.2) is 0 Å². The van der Waals surface area contributed by atoms with E-state index < -0.39 is 6.36 Å². The van der Waals surface area contributed by atoms with Crippen molar-refractivity contribution in [1.82, 2.24) is 89.4 Å². The van der Waals surface area contributed by atoms with Crippen LogP contribution in [0.4, 0.5) is 17.6 Å². The lowest BCUT2D eigenvalue weighted by Gasteiger charge is -2.25. The van der Waals surface area contributed by atoms with Gasteiger partial charge in [-0.15, -0.1) is 13.2 Å². The molecule has 0 radical (unpaired) electrons. The summed E-state index contributed by atoms with van der Waals surface area (Å²) in [6.07, 6.45) is 0.532. The van der Waals surface area contributed by atoms with E-state index in [2.05, 4.69) is 66.4 Å². The summed E-state index contributed by atoms with van der Waals surface area (Å²) in [6, 6.07) is 24.7. The Hall–Kier alpha value is -11.0. The average molecular weight is 1710 g/mol. The van der Waals surface area contributed by atoms with Crippen molar-refractivity contribution in [3.63, 3.8) is 0 Å². The summed E-state index contributed by atoms with van der Waals surface area (Å²) in [6.45, 7) is 11.0. The number of hydrogen-bond acceptors (Lipinski definition) is 20. The number of ether oxygens (including phenoxy) is 4. The fraction of sp³-hybridized carbons (Fsp3) is 0.378. The molecule has 1 aliphatic carbocycles. The molecule has 0 spiro atoms. The standard InChI is InChI=1S/C19H24ClN5O3.C18H21ClN4O3.C16H17ClN4O.C15H15F3N4O2.C14H15FN4O/c1-24(2)11-16(26)21-7-8-25-15-5-4-12(20)10-13(15)18-17(19(25)27)14(22-23-18)6-9-28-3;1-25-6-4-14-16-17(22-21-14)13-8-11(19)2-3-15(13)23(18(16)24)10-12-9-20-5-7-26-12;17-10-4-5-12-11(8-10)15-13(14(19-20-15)9-2-3-9)16(22)21(12)7-1-6-18;1-8-12-13(21-20-8)10-7-9(24-15(16,17)18)3-4-11(10)22(14(12)23)6-2-5-19;1-8-12-13(18-17-8)10-4-3-9(15)7-11(10)19(14(12)20)6-2-5-16/h4-5,10H,6-9,11H2,1-3H3,(H,21,26)(H,22,23);2-3,8,12,20H,4-7,9-10H2,1H3,(H,21,22);4-5,8-9H,1-3,6-7,18H2,(H,19,20);3-4,7H,2,5-6,19H2,1H3,(H,20,21);3-4,7H,2,5-6,16H2,1H3,(H,17,18). The Morgan fingerprint density at radius 3 is 1.47 bits per heavy atom. The molecule has 5 aromatic carbocycles. The maximum atomic E-state index is 13.5. The Balaban J connectivity index is 0.000000130. The number of carbonyl (C=O) groups excluding carboxylic acids is 1. The van der Waals surface area contributed by atoms with Gasteiger partial charge in [0.25, 0.3) is 27.8 Å². The normalized spacial score (nSPS) is 13.7. The smallest absolute Gasteiger partial charge is 0.406 e. The Morgan fingerprint density at radius 2 is 0.983 bits per heavy atom. The first kappa shape index (κ1) is 86.9. The second kappa shape index (κ2) is 38.2. The third-order valence-electron chi connectivity index (χ3n) is 20.8. The maximum absolute atomic E-state index is 13.5. The molecule has 17 rings (SSSR count). The maximum Gasteiger partial charge on any atom is 0.573 e. The highest BCUT2D eigenvalue weighted by Gasteiger charge is 2.33. The number of rotatable bonds is 24. The van der Waals surface area contributed by atoms with E-state index in [0.29, 0.717) is 203 Å². The van der Waals surface area contributed by atoms with E-state index >= 15 is 0 Å². The minimum Gasteiger partial charge on any atom is -0.406 e. The largest absolute Gasteiger partial charge is 0.573 e. The van der Waals surface area contributed by atoms with Crippen LogP contribution in [0.1, 0.15) is 66.5 Å². The van der Waals surface area contributed by atoms with Gasteiger partial charge in [-0.3, -0.25) is 54.3 Å². The van der Waals surface area contributed by atoms with E-state index in [1.165, 1.54) is 34.9 Å². The molecule has 11 heterocycles. The number of aryl methyl sites for hydroxylation is 5. The molecule has 31 nitrogen and oxygen atoms in total. The summed E-state index contributed by atoms with van der Waals surface area (Å²) in [5.41, 5.74) is 26.2. The van der Waals surface area contributed by atoms with Crippen molar-refractivity contribution in [1.29, 1.82) is 0 Å². The molecule has 2 fully saturated rings. The molecule has 120 heavy (non-hydrogen) atoms. The fourth-order valence-electron chi connectivity index (χ4n) is 15.1. The van der Waals surface area contributed by atoms with Crippen molar-refractivity contribution < 1.29 is 41.3 Å². The number of nitrogens with two attached hydrogens (primary N) is 3. The Kier molecular flexibility index (Phi) is 27.6. The molecule has 15 aromatic rings. The Morgan fingerprint density at radius 1 is 0.550 bits per heavy atom. The first-order valence-electron chi connectivity index (χ1n) is 39.1. The van der Waals surface area contributed by atoms with Gasteiger partial charge in [-0.25, -0.2) is 4.39 Å². The van der Waals surface area contributed by atoms with Crippen molar-refractivity contribution in [3.05, 3.63) is 192 Å². The molecule has 0 bridgehead atoms. The molecule has 1 amide bonds. The highest BCUT2D eigenvalue weighted by Crippen LogP contribution is 2.42. The highest BCUT2D eigenvalue weighted by molar-refractivity contribution is 6.32. The number of fused-ring (bicyclic) bond motifs is 15. The molecule has 1 saturated heterocycles. The lowest BCUT2D eigenvalue weighted by molar-refractivity contribution is -0.274. The molecule has 2 aliphatic rings. The fourth-order valence-corrected chi connectivity index (χ4v) is 15.6. The number of benzene rings is 5. The van der Waals surface area contributed by atoms with Gasteiger partial charge in [0, 0.05) is 132 Å². The molecule has 634 valence electrons. The third kappa shape index (κ3) is 18.8. The van der Waals surface area contributed by atoms with Gasteiger partial charge in [-0.05, 0) is 171 Å². The molecule has 13 N–H and O–H groups in total. The van der Waals surface area contributed by atoms with Crippen LogP contribution in [-0.2, 0) is 64.6 Å². The van der Waals surface area contributed by atoms with Crippen LogP contribution in [0.2, 0.25) is 15.1 Å². The molecule has 1 atom stereocenters. The van der Waals surface area contributed by atoms with E-state index in [1.807, 2.05) is 55.1 Å². The average Bonchev–Trinajstić information content (AvgIpc) is 1.56. The van der Waals surface area contributed by atoms with E-state index in [9.17, 15) is 46.3 Å². The zero-order valence-corrected chi connectivity index (χ0v) is 69.0. The Bertz CT molecular complexity index is 6610. The monoisotopic (exact) mass is 1710 g/mol. The minimum atomic E-state index is -4.79. The summed E-state index contributed by atoms with van der Waals surface area (Å²) in [5.74, 6) is -0.376. The van der Waals surface area contributed by atoms with Crippen LogP contribution in [0.5, 0.6) is 5.75 Å². The number of H-pyrrole nitrogens is 5. The number of hydrogen-bond donors (Lipinski definition) is 10. The van der Waals surface area contributed by atoms with Gasteiger partial charge >= 0.3 is 6.36 Å². The molecular weight excluding hydrogens is 1620 g/mol. The van der Waals surface area contributed by atoms with Crippen LogP contribution < -0.4 is 60.4 Å². The van der Waals surface area contributed by atoms with Gasteiger partial charge in [0.2, 0.25) is 5.91 Å². The number of halogens is 7. The predicted octanol–water partition coefficient (Wildman–Crippen LogP) is 9.97. The Labute approximate surface area is 695 Å². The van der Waals surface area contributed by atoms with E-state index in [0.717, 1.165) is 98.7 Å². The number of pyridine rings is 5. The first-order valence-corrected chi connectivity index (χ1v) is 40.2. The number of nitrogens with zero attached hydrogens (tertiary/aromatic N) is 11. The second-order valence-corrected chi connectivity index (χ2v) is 30.8. The zero-order chi connectivity index (χ0) is 85.4. The number of carbonyl (C=O) groups is 1.